The summed E-state index contributed by atoms with van der Waals surface area (Å²) in [5.74, 6) is -0.895. The number of nitrogens with zero attached hydrogens (tertiary/aromatic N) is 1. The summed E-state index contributed by atoms with van der Waals surface area (Å²) in [6.45, 7) is 0. The fraction of sp³-hybridized carbons (Fsp3) is 0.188. The van der Waals surface area contributed by atoms with Gasteiger partial charge in [-0.05, 0) is 18.2 Å². The predicted molar refractivity (Wildman–Crippen MR) is 97.2 cm³/mol. The third kappa shape index (κ3) is 3.92. The van der Waals surface area contributed by atoms with E-state index in [0.717, 1.165) is 0 Å². The van der Waals surface area contributed by atoms with Gasteiger partial charge in [-0.1, -0.05) is 23.2 Å². The molecule has 0 aliphatic rings. The second kappa shape index (κ2) is 8.11. The number of hydrogen-bond acceptors (Lipinski definition) is 6. The first kappa shape index (κ1) is 19.6. The Morgan fingerprint density at radius 2 is 1.58 bits per heavy atom. The molecule has 26 heavy (non-hydrogen) atoms. The molecule has 0 heterocycles. The van der Waals surface area contributed by atoms with Gasteiger partial charge >= 0.3 is 5.69 Å². The van der Waals surface area contributed by atoms with Crippen molar-refractivity contribution in [2.75, 3.05) is 26.6 Å². The lowest BCUT2D eigenvalue weighted by Crippen LogP contribution is -2.15. The van der Waals surface area contributed by atoms with Crippen molar-refractivity contribution in [1.82, 2.24) is 0 Å². The minimum atomic E-state index is -0.769. The molecule has 0 saturated carbocycles. The van der Waals surface area contributed by atoms with E-state index in [-0.39, 0.29) is 28.5 Å². The summed E-state index contributed by atoms with van der Waals surface area (Å²) in [4.78, 5) is 23.5. The summed E-state index contributed by atoms with van der Waals surface area (Å²) in [5, 5.41) is 14.6. The van der Waals surface area contributed by atoms with E-state index in [2.05, 4.69) is 5.32 Å². The summed E-state index contributed by atoms with van der Waals surface area (Å²) in [6, 6.07) is 5.59. The number of carbonyl (C=O) groups is 1. The number of halogens is 2. The van der Waals surface area contributed by atoms with Gasteiger partial charge in [0.2, 0.25) is 11.5 Å². The molecule has 0 aliphatic heterocycles. The standard InChI is InChI=1S/C16H14Cl2N2O6/c1-24-12-7-11(13(20(22)23)15(26-3)14(12)25-2)16(21)19-10-5-8(17)4-9(18)6-10/h4-7H,1-3H3,(H,19,21). The molecule has 0 radical (unpaired) electrons. The number of amides is 1. The lowest BCUT2D eigenvalue weighted by atomic mass is 10.1. The lowest BCUT2D eigenvalue weighted by molar-refractivity contribution is -0.386. The van der Waals surface area contributed by atoms with E-state index in [1.54, 1.807) is 0 Å². The van der Waals surface area contributed by atoms with Crippen LogP contribution in [0.25, 0.3) is 0 Å². The normalized spacial score (nSPS) is 10.2. The highest BCUT2D eigenvalue weighted by atomic mass is 35.5. The molecule has 138 valence electrons. The van der Waals surface area contributed by atoms with E-state index in [0.29, 0.717) is 10.0 Å². The smallest absolute Gasteiger partial charge is 0.327 e. The first-order valence-electron chi connectivity index (χ1n) is 7.07. The van der Waals surface area contributed by atoms with Gasteiger partial charge in [0, 0.05) is 21.8 Å². The Morgan fingerprint density at radius 1 is 1.00 bits per heavy atom. The van der Waals surface area contributed by atoms with Crippen LogP contribution in [0.1, 0.15) is 10.4 Å². The molecule has 1 N–H and O–H groups in total. The molecule has 0 bridgehead atoms. The van der Waals surface area contributed by atoms with Gasteiger partial charge in [-0.25, -0.2) is 0 Å². The second-order valence-electron chi connectivity index (χ2n) is 4.91. The fourth-order valence-electron chi connectivity index (χ4n) is 2.32. The van der Waals surface area contributed by atoms with Gasteiger partial charge in [-0.15, -0.1) is 0 Å². The zero-order valence-corrected chi connectivity index (χ0v) is 15.5. The van der Waals surface area contributed by atoms with Crippen LogP contribution >= 0.6 is 23.2 Å². The summed E-state index contributed by atoms with van der Waals surface area (Å²) in [5.41, 5.74) is -0.563. The zero-order valence-electron chi connectivity index (χ0n) is 14.0. The molecule has 2 rings (SSSR count). The topological polar surface area (TPSA) is 99.9 Å². The third-order valence-electron chi connectivity index (χ3n) is 3.35. The number of anilines is 1. The van der Waals surface area contributed by atoms with E-state index >= 15 is 0 Å². The number of nitro groups is 1. The van der Waals surface area contributed by atoms with Gasteiger partial charge in [0.15, 0.2) is 5.75 Å². The van der Waals surface area contributed by atoms with E-state index in [9.17, 15) is 14.9 Å². The van der Waals surface area contributed by atoms with Gasteiger partial charge < -0.3 is 19.5 Å². The van der Waals surface area contributed by atoms with Crippen LogP contribution in [0.15, 0.2) is 24.3 Å². The number of carbonyl (C=O) groups excluding carboxylic acids is 1. The Labute approximate surface area is 158 Å². The number of methoxy groups -OCH3 is 3. The molecule has 0 aromatic heterocycles. The maximum atomic E-state index is 12.6. The predicted octanol–water partition coefficient (Wildman–Crippen LogP) is 4.18. The van der Waals surface area contributed by atoms with Gasteiger partial charge in [-0.3, -0.25) is 14.9 Å². The largest absolute Gasteiger partial charge is 0.493 e. The van der Waals surface area contributed by atoms with Crippen LogP contribution in [0.2, 0.25) is 10.0 Å². The van der Waals surface area contributed by atoms with E-state index < -0.39 is 16.5 Å². The number of nitrogens with one attached hydrogen (secondary N) is 1. The van der Waals surface area contributed by atoms with Crippen molar-refractivity contribution in [2.45, 2.75) is 0 Å². The first-order valence-corrected chi connectivity index (χ1v) is 7.82. The lowest BCUT2D eigenvalue weighted by Gasteiger charge is -2.15. The number of benzene rings is 2. The second-order valence-corrected chi connectivity index (χ2v) is 5.78. The maximum absolute atomic E-state index is 12.6. The summed E-state index contributed by atoms with van der Waals surface area (Å²) in [7, 11) is 3.86. The summed E-state index contributed by atoms with van der Waals surface area (Å²) < 4.78 is 15.3. The Bertz CT molecular complexity index is 852. The van der Waals surface area contributed by atoms with Gasteiger partial charge in [-0.2, -0.15) is 0 Å². The quantitative estimate of drug-likeness (QED) is 0.576. The number of nitro benzene ring substituents is 1. The molecule has 0 aliphatic carbocycles. The molecule has 2 aromatic rings. The van der Waals surface area contributed by atoms with Crippen molar-refractivity contribution in [2.24, 2.45) is 0 Å². The van der Waals surface area contributed by atoms with Crippen LogP contribution in [0.4, 0.5) is 11.4 Å². The molecule has 0 unspecified atom stereocenters. The van der Waals surface area contributed by atoms with Crippen molar-refractivity contribution >= 4 is 40.5 Å². The molecular formula is C16H14Cl2N2O6. The highest BCUT2D eigenvalue weighted by molar-refractivity contribution is 6.35. The number of ether oxygens (including phenoxy) is 3. The van der Waals surface area contributed by atoms with Crippen LogP contribution < -0.4 is 19.5 Å². The Morgan fingerprint density at radius 3 is 2.04 bits per heavy atom. The van der Waals surface area contributed by atoms with Crippen LogP contribution in [-0.2, 0) is 0 Å². The first-order chi connectivity index (χ1) is 12.3. The average molecular weight is 401 g/mol. The molecule has 8 nitrogen and oxygen atoms in total. The monoisotopic (exact) mass is 400 g/mol. The minimum absolute atomic E-state index is 0.00375. The van der Waals surface area contributed by atoms with Crippen LogP contribution in [-0.4, -0.2) is 32.2 Å². The summed E-state index contributed by atoms with van der Waals surface area (Å²) in [6.07, 6.45) is 0. The SMILES string of the molecule is COc1cc(C(=O)Nc2cc(Cl)cc(Cl)c2)c([N+](=O)[O-])c(OC)c1OC. The van der Waals surface area contributed by atoms with Crippen molar-refractivity contribution in [1.29, 1.82) is 0 Å². The molecule has 10 heteroatoms. The molecule has 0 fully saturated rings. The Kier molecular flexibility index (Phi) is 6.12. The zero-order chi connectivity index (χ0) is 19.4. The number of hydrogen-bond donors (Lipinski definition) is 1. The van der Waals surface area contributed by atoms with Crippen LogP contribution in [0.3, 0.4) is 0 Å². The van der Waals surface area contributed by atoms with Crippen molar-refractivity contribution in [3.8, 4) is 17.2 Å². The highest BCUT2D eigenvalue weighted by Crippen LogP contribution is 2.46. The molecular weight excluding hydrogens is 387 g/mol. The van der Waals surface area contributed by atoms with Crippen molar-refractivity contribution in [3.05, 3.63) is 50.0 Å². The van der Waals surface area contributed by atoms with Gasteiger partial charge in [0.1, 0.15) is 5.56 Å². The van der Waals surface area contributed by atoms with E-state index in [1.807, 2.05) is 0 Å². The Balaban J connectivity index is 2.59. The molecule has 1 amide bonds. The van der Waals surface area contributed by atoms with Crippen LogP contribution in [0, 0.1) is 10.1 Å². The molecule has 0 atom stereocenters. The minimum Gasteiger partial charge on any atom is -0.493 e. The highest BCUT2D eigenvalue weighted by Gasteiger charge is 2.32. The number of rotatable bonds is 6. The third-order valence-corrected chi connectivity index (χ3v) is 3.79. The maximum Gasteiger partial charge on any atom is 0.327 e. The van der Waals surface area contributed by atoms with Gasteiger partial charge in [0.25, 0.3) is 5.91 Å². The molecule has 2 aromatic carbocycles. The molecule has 0 spiro atoms. The fourth-order valence-corrected chi connectivity index (χ4v) is 2.85. The Hall–Kier alpha value is -2.71. The van der Waals surface area contributed by atoms with Crippen LogP contribution in [0.5, 0.6) is 17.2 Å². The van der Waals surface area contributed by atoms with E-state index in [1.165, 1.54) is 45.6 Å². The van der Waals surface area contributed by atoms with Crippen molar-refractivity contribution in [3.63, 3.8) is 0 Å². The average Bonchev–Trinajstić information content (AvgIpc) is 2.58. The summed E-state index contributed by atoms with van der Waals surface area (Å²) >= 11 is 11.8. The van der Waals surface area contributed by atoms with E-state index in [4.69, 9.17) is 37.4 Å². The van der Waals surface area contributed by atoms with Gasteiger partial charge in [0.05, 0.1) is 26.3 Å². The van der Waals surface area contributed by atoms with Crippen molar-refractivity contribution < 1.29 is 23.9 Å². The molecule has 0 saturated heterocycles.